The second-order valence-corrected chi connectivity index (χ2v) is 7.77. The molecule has 0 aliphatic rings. The molecule has 0 aliphatic heterocycles. The summed E-state index contributed by atoms with van der Waals surface area (Å²) in [5.41, 5.74) is 0.0504. The minimum absolute atomic E-state index is 0.102. The highest BCUT2D eigenvalue weighted by molar-refractivity contribution is 5.99. The molecule has 3 amide bonds. The first-order valence-corrected chi connectivity index (χ1v) is 7.89. The van der Waals surface area contributed by atoms with Crippen LogP contribution in [0.4, 0.5) is 5.69 Å². The Labute approximate surface area is 143 Å². The van der Waals surface area contributed by atoms with E-state index in [1.807, 2.05) is 41.5 Å². The van der Waals surface area contributed by atoms with Crippen LogP contribution in [-0.4, -0.2) is 29.8 Å². The van der Waals surface area contributed by atoms with Crippen molar-refractivity contribution in [2.45, 2.75) is 47.1 Å². The van der Waals surface area contributed by atoms with Gasteiger partial charge in [-0.1, -0.05) is 26.8 Å². The molecule has 0 unspecified atom stereocenters. The number of hydrogen-bond acceptors (Lipinski definition) is 3. The van der Waals surface area contributed by atoms with Gasteiger partial charge in [0.25, 0.3) is 5.91 Å². The summed E-state index contributed by atoms with van der Waals surface area (Å²) in [4.78, 5) is 35.9. The Kier molecular flexibility index (Phi) is 6.12. The fraction of sp³-hybridized carbons (Fsp3) is 0.500. The summed E-state index contributed by atoms with van der Waals surface area (Å²) in [5.74, 6) is -0.761. The number of carbonyl (C=O) groups excluding carboxylic acids is 3. The Bertz CT molecular complexity index is 625. The van der Waals surface area contributed by atoms with Crippen LogP contribution in [0.15, 0.2) is 24.3 Å². The zero-order chi connectivity index (χ0) is 18.5. The van der Waals surface area contributed by atoms with Crippen LogP contribution in [0.25, 0.3) is 0 Å². The number of rotatable bonds is 4. The van der Waals surface area contributed by atoms with Crippen molar-refractivity contribution in [2.75, 3.05) is 11.9 Å². The lowest BCUT2D eigenvalue weighted by atomic mass is 9.95. The van der Waals surface area contributed by atoms with E-state index in [2.05, 4.69) is 16.0 Å². The average Bonchev–Trinajstić information content (AvgIpc) is 2.42. The molecule has 1 rings (SSSR count). The van der Waals surface area contributed by atoms with Gasteiger partial charge in [0.05, 0.1) is 6.54 Å². The van der Waals surface area contributed by atoms with Gasteiger partial charge >= 0.3 is 0 Å². The van der Waals surface area contributed by atoms with Crippen LogP contribution in [0.3, 0.4) is 0 Å². The summed E-state index contributed by atoms with van der Waals surface area (Å²) in [6, 6.07) is 6.61. The van der Waals surface area contributed by atoms with Crippen molar-refractivity contribution in [3.05, 3.63) is 29.8 Å². The van der Waals surface area contributed by atoms with Crippen molar-refractivity contribution in [3.8, 4) is 0 Å². The van der Waals surface area contributed by atoms with Gasteiger partial charge in [-0.3, -0.25) is 14.4 Å². The maximum Gasteiger partial charge on any atom is 0.251 e. The molecule has 0 aromatic heterocycles. The van der Waals surface area contributed by atoms with Crippen molar-refractivity contribution in [3.63, 3.8) is 0 Å². The Morgan fingerprint density at radius 1 is 1.00 bits per heavy atom. The summed E-state index contributed by atoms with van der Waals surface area (Å²) >= 11 is 0. The molecule has 6 nitrogen and oxygen atoms in total. The molecule has 6 heteroatoms. The minimum Gasteiger partial charge on any atom is -0.350 e. The van der Waals surface area contributed by atoms with E-state index >= 15 is 0 Å². The summed E-state index contributed by atoms with van der Waals surface area (Å²) in [5, 5.41) is 8.11. The number of hydrogen-bond donors (Lipinski definition) is 3. The van der Waals surface area contributed by atoms with E-state index in [9.17, 15) is 14.4 Å². The standard InChI is InChI=1S/C18H27N3O3/c1-17(2,3)16(24)20-13-9-7-8-12(10-13)15(23)19-11-14(22)21-18(4,5)6/h7-10H,11H2,1-6H3,(H,19,23)(H,20,24)(H,21,22). The van der Waals surface area contributed by atoms with Gasteiger partial charge in [0.15, 0.2) is 0 Å². The van der Waals surface area contributed by atoms with Gasteiger partial charge in [0.2, 0.25) is 11.8 Å². The van der Waals surface area contributed by atoms with E-state index in [0.717, 1.165) is 0 Å². The smallest absolute Gasteiger partial charge is 0.251 e. The van der Waals surface area contributed by atoms with Crippen molar-refractivity contribution in [1.29, 1.82) is 0 Å². The molecule has 0 saturated heterocycles. The Morgan fingerprint density at radius 3 is 2.17 bits per heavy atom. The molecule has 0 spiro atoms. The summed E-state index contributed by atoms with van der Waals surface area (Å²) in [7, 11) is 0. The van der Waals surface area contributed by atoms with Gasteiger partial charge in [0.1, 0.15) is 0 Å². The zero-order valence-electron chi connectivity index (χ0n) is 15.2. The van der Waals surface area contributed by atoms with E-state index in [1.54, 1.807) is 24.3 Å². The molecule has 0 atom stereocenters. The van der Waals surface area contributed by atoms with E-state index in [4.69, 9.17) is 0 Å². The third kappa shape index (κ3) is 6.81. The number of benzene rings is 1. The highest BCUT2D eigenvalue weighted by Gasteiger charge is 2.21. The first-order chi connectivity index (χ1) is 10.9. The van der Waals surface area contributed by atoms with E-state index in [1.165, 1.54) is 0 Å². The second kappa shape index (κ2) is 7.47. The van der Waals surface area contributed by atoms with Crippen LogP contribution in [0.1, 0.15) is 51.9 Å². The summed E-state index contributed by atoms with van der Waals surface area (Å²) in [6.07, 6.45) is 0. The molecule has 0 heterocycles. The fourth-order valence-corrected chi connectivity index (χ4v) is 1.78. The number of anilines is 1. The van der Waals surface area contributed by atoms with Crippen LogP contribution in [-0.2, 0) is 9.59 Å². The maximum atomic E-state index is 12.1. The quantitative estimate of drug-likeness (QED) is 0.790. The highest BCUT2D eigenvalue weighted by Crippen LogP contribution is 2.18. The zero-order valence-corrected chi connectivity index (χ0v) is 15.2. The molecular weight excluding hydrogens is 306 g/mol. The summed E-state index contributed by atoms with van der Waals surface area (Å²) < 4.78 is 0. The van der Waals surface area contributed by atoms with Crippen LogP contribution in [0.5, 0.6) is 0 Å². The molecule has 0 aliphatic carbocycles. The van der Waals surface area contributed by atoms with E-state index in [0.29, 0.717) is 11.3 Å². The predicted octanol–water partition coefficient (Wildman–Crippen LogP) is 2.32. The fourth-order valence-electron chi connectivity index (χ4n) is 1.78. The molecule has 1 aromatic rings. The molecule has 132 valence electrons. The van der Waals surface area contributed by atoms with Gasteiger partial charge in [-0.2, -0.15) is 0 Å². The minimum atomic E-state index is -0.524. The van der Waals surface area contributed by atoms with Crippen molar-refractivity contribution in [1.82, 2.24) is 10.6 Å². The van der Waals surface area contributed by atoms with E-state index < -0.39 is 5.41 Å². The normalized spacial score (nSPS) is 11.6. The molecule has 3 N–H and O–H groups in total. The van der Waals surface area contributed by atoms with Gasteiger partial charge in [-0.15, -0.1) is 0 Å². The Morgan fingerprint density at radius 2 is 1.62 bits per heavy atom. The molecule has 1 aromatic carbocycles. The first kappa shape index (κ1) is 19.7. The van der Waals surface area contributed by atoms with Gasteiger partial charge in [-0.05, 0) is 39.0 Å². The second-order valence-electron chi connectivity index (χ2n) is 7.77. The largest absolute Gasteiger partial charge is 0.350 e. The maximum absolute atomic E-state index is 12.1. The van der Waals surface area contributed by atoms with Crippen molar-refractivity contribution < 1.29 is 14.4 Å². The number of amides is 3. The lowest BCUT2D eigenvalue weighted by molar-refractivity contribution is -0.123. The van der Waals surface area contributed by atoms with Crippen LogP contribution in [0, 0.1) is 5.41 Å². The molecule has 0 radical (unpaired) electrons. The summed E-state index contributed by atoms with van der Waals surface area (Å²) in [6.45, 7) is 10.9. The number of nitrogens with one attached hydrogen (secondary N) is 3. The lowest BCUT2D eigenvalue weighted by Crippen LogP contribution is -2.45. The number of carbonyl (C=O) groups is 3. The van der Waals surface area contributed by atoms with Gasteiger partial charge in [-0.25, -0.2) is 0 Å². The predicted molar refractivity (Wildman–Crippen MR) is 94.8 cm³/mol. The average molecular weight is 333 g/mol. The van der Waals surface area contributed by atoms with Crippen molar-refractivity contribution in [2.24, 2.45) is 5.41 Å². The third-order valence-electron chi connectivity index (χ3n) is 2.99. The van der Waals surface area contributed by atoms with E-state index in [-0.39, 0.29) is 29.8 Å². The van der Waals surface area contributed by atoms with Crippen LogP contribution >= 0.6 is 0 Å². The monoisotopic (exact) mass is 333 g/mol. The molecule has 0 saturated carbocycles. The molecule has 24 heavy (non-hydrogen) atoms. The molecule has 0 bridgehead atoms. The van der Waals surface area contributed by atoms with Crippen molar-refractivity contribution >= 4 is 23.4 Å². The Balaban J connectivity index is 2.67. The van der Waals surface area contributed by atoms with Crippen LogP contribution < -0.4 is 16.0 Å². The topological polar surface area (TPSA) is 87.3 Å². The third-order valence-corrected chi connectivity index (χ3v) is 2.99. The SMILES string of the molecule is CC(C)(C)NC(=O)CNC(=O)c1cccc(NC(=O)C(C)(C)C)c1. The van der Waals surface area contributed by atoms with Gasteiger partial charge in [0, 0.05) is 22.2 Å². The molecule has 0 fully saturated rings. The van der Waals surface area contributed by atoms with Crippen LogP contribution in [0.2, 0.25) is 0 Å². The van der Waals surface area contributed by atoms with Gasteiger partial charge < -0.3 is 16.0 Å². The lowest BCUT2D eigenvalue weighted by Gasteiger charge is -2.20. The molecular formula is C18H27N3O3. The first-order valence-electron chi connectivity index (χ1n) is 7.89. The highest BCUT2D eigenvalue weighted by atomic mass is 16.2. The Hall–Kier alpha value is -2.37.